The van der Waals surface area contributed by atoms with Crippen molar-refractivity contribution < 1.29 is 14.3 Å². The highest BCUT2D eigenvalue weighted by molar-refractivity contribution is 5.40. The lowest BCUT2D eigenvalue weighted by atomic mass is 10.00. The van der Waals surface area contributed by atoms with E-state index in [1.54, 1.807) is 6.20 Å². The molecule has 0 unspecified atom stereocenters. The summed E-state index contributed by atoms with van der Waals surface area (Å²) in [5.74, 6) is 1.37. The summed E-state index contributed by atoms with van der Waals surface area (Å²) in [7, 11) is 0. The number of hydrogen-bond acceptors (Lipinski definition) is 4. The molecule has 4 nitrogen and oxygen atoms in total. The maximum absolute atomic E-state index is 10.5. The Bertz CT molecular complexity index is 427. The minimum atomic E-state index is -0.720. The van der Waals surface area contributed by atoms with Gasteiger partial charge in [-0.1, -0.05) is 13.8 Å². The molecule has 0 saturated carbocycles. The van der Waals surface area contributed by atoms with Crippen LogP contribution in [0, 0.1) is 12.8 Å². The zero-order chi connectivity index (χ0) is 14.5. The molecule has 1 heterocycles. The largest absolute Gasteiger partial charge is 0.492 e. The van der Waals surface area contributed by atoms with Crippen molar-refractivity contribution in [2.24, 2.45) is 5.92 Å². The Balaban J connectivity index is 2.77. The molecule has 0 aliphatic carbocycles. The molecule has 0 spiro atoms. The van der Waals surface area contributed by atoms with E-state index in [1.165, 1.54) is 0 Å². The Morgan fingerprint density at radius 3 is 2.63 bits per heavy atom. The van der Waals surface area contributed by atoms with E-state index in [0.717, 1.165) is 23.4 Å². The normalized spacial score (nSPS) is 11.5. The number of pyridine rings is 1. The van der Waals surface area contributed by atoms with Crippen LogP contribution in [0.25, 0.3) is 0 Å². The molecule has 0 bridgehead atoms. The van der Waals surface area contributed by atoms with Crippen molar-refractivity contribution in [1.29, 1.82) is 0 Å². The van der Waals surface area contributed by atoms with Gasteiger partial charge in [0.2, 0.25) is 0 Å². The van der Waals surface area contributed by atoms with Gasteiger partial charge in [-0.15, -0.1) is 0 Å². The number of carbonyl (C=O) groups excluding carboxylic acids is 1. The molecule has 0 N–H and O–H groups in total. The predicted molar refractivity (Wildman–Crippen MR) is 74.1 cm³/mol. The van der Waals surface area contributed by atoms with Gasteiger partial charge in [0.1, 0.15) is 11.4 Å². The van der Waals surface area contributed by atoms with Crippen LogP contribution in [0.2, 0.25) is 0 Å². The third kappa shape index (κ3) is 4.54. The van der Waals surface area contributed by atoms with Crippen LogP contribution < -0.4 is 4.74 Å². The molecule has 0 amide bonds. The summed E-state index contributed by atoms with van der Waals surface area (Å²) < 4.78 is 10.7. The summed E-state index contributed by atoms with van der Waals surface area (Å²) >= 11 is 0. The average molecular weight is 265 g/mol. The molecule has 0 aliphatic rings. The van der Waals surface area contributed by atoms with Gasteiger partial charge >= 0.3 is 0 Å². The van der Waals surface area contributed by atoms with E-state index in [0.29, 0.717) is 19.0 Å². The Kier molecular flexibility index (Phi) is 5.33. The smallest absolute Gasteiger partial charge is 0.294 e. The van der Waals surface area contributed by atoms with E-state index >= 15 is 0 Å². The quantitative estimate of drug-likeness (QED) is 0.710. The van der Waals surface area contributed by atoms with E-state index < -0.39 is 5.60 Å². The summed E-state index contributed by atoms with van der Waals surface area (Å²) in [6.45, 7) is 11.0. The lowest BCUT2D eigenvalue weighted by Crippen LogP contribution is -2.23. The van der Waals surface area contributed by atoms with Crippen LogP contribution in [0.4, 0.5) is 0 Å². The Morgan fingerprint density at radius 1 is 1.42 bits per heavy atom. The van der Waals surface area contributed by atoms with Gasteiger partial charge in [-0.3, -0.25) is 9.78 Å². The predicted octanol–water partition coefficient (Wildman–Crippen LogP) is 3.22. The van der Waals surface area contributed by atoms with Crippen molar-refractivity contribution in [2.75, 3.05) is 6.61 Å². The van der Waals surface area contributed by atoms with Crippen LogP contribution in [-0.4, -0.2) is 18.1 Å². The average Bonchev–Trinajstić information content (AvgIpc) is 2.28. The number of aryl methyl sites for hydroxylation is 1. The molecule has 106 valence electrons. The second-order valence-electron chi connectivity index (χ2n) is 5.59. The van der Waals surface area contributed by atoms with Crippen molar-refractivity contribution in [3.05, 3.63) is 23.5 Å². The summed E-state index contributed by atoms with van der Waals surface area (Å²) in [5, 5.41) is 0. The molecule has 1 aromatic heterocycles. The Labute approximate surface area is 115 Å². The molecule has 0 aromatic carbocycles. The Hall–Kier alpha value is -1.58. The second-order valence-corrected chi connectivity index (χ2v) is 5.59. The second kappa shape index (κ2) is 6.55. The molecule has 0 aliphatic heterocycles. The van der Waals surface area contributed by atoms with Gasteiger partial charge in [-0.05, 0) is 44.7 Å². The summed E-state index contributed by atoms with van der Waals surface area (Å²) in [6, 6.07) is 1.93. The SMILES string of the molecule is Cc1cc(OCCC(C)C)cnc1C(C)(C)OC=O. The minimum absolute atomic E-state index is 0.453. The van der Waals surface area contributed by atoms with Gasteiger partial charge in [0, 0.05) is 0 Å². The van der Waals surface area contributed by atoms with Crippen molar-refractivity contribution in [3.8, 4) is 5.75 Å². The molecule has 4 heteroatoms. The number of hydrogen-bond donors (Lipinski definition) is 0. The molecule has 0 saturated heterocycles. The van der Waals surface area contributed by atoms with Crippen LogP contribution >= 0.6 is 0 Å². The highest BCUT2D eigenvalue weighted by Crippen LogP contribution is 2.27. The van der Waals surface area contributed by atoms with E-state index in [4.69, 9.17) is 9.47 Å². The number of rotatable bonds is 7. The fourth-order valence-electron chi connectivity index (χ4n) is 1.85. The highest BCUT2D eigenvalue weighted by atomic mass is 16.5. The van der Waals surface area contributed by atoms with Gasteiger partial charge in [0.15, 0.2) is 0 Å². The van der Waals surface area contributed by atoms with Gasteiger partial charge in [0.25, 0.3) is 6.47 Å². The summed E-state index contributed by atoms with van der Waals surface area (Å²) in [4.78, 5) is 14.9. The first kappa shape index (κ1) is 15.5. The van der Waals surface area contributed by atoms with Crippen molar-refractivity contribution in [3.63, 3.8) is 0 Å². The van der Waals surface area contributed by atoms with E-state index in [2.05, 4.69) is 18.8 Å². The molecule has 0 fully saturated rings. The molecule has 0 atom stereocenters. The molecule has 1 rings (SSSR count). The van der Waals surface area contributed by atoms with Crippen LogP contribution in [0.15, 0.2) is 12.3 Å². The Morgan fingerprint density at radius 2 is 2.11 bits per heavy atom. The first-order valence-corrected chi connectivity index (χ1v) is 6.58. The topological polar surface area (TPSA) is 48.4 Å². The van der Waals surface area contributed by atoms with E-state index in [9.17, 15) is 4.79 Å². The zero-order valence-electron chi connectivity index (χ0n) is 12.4. The van der Waals surface area contributed by atoms with Gasteiger partial charge < -0.3 is 9.47 Å². The van der Waals surface area contributed by atoms with Crippen molar-refractivity contribution in [1.82, 2.24) is 4.98 Å². The van der Waals surface area contributed by atoms with E-state index in [-0.39, 0.29) is 0 Å². The van der Waals surface area contributed by atoms with Gasteiger partial charge in [0.05, 0.1) is 18.5 Å². The molecule has 0 radical (unpaired) electrons. The highest BCUT2D eigenvalue weighted by Gasteiger charge is 2.25. The number of nitrogens with zero attached hydrogens (tertiary/aromatic N) is 1. The number of carbonyl (C=O) groups is 1. The third-order valence-corrected chi connectivity index (χ3v) is 2.93. The van der Waals surface area contributed by atoms with Crippen LogP contribution in [-0.2, 0) is 15.1 Å². The third-order valence-electron chi connectivity index (χ3n) is 2.93. The minimum Gasteiger partial charge on any atom is -0.492 e. The number of aromatic nitrogens is 1. The fourth-order valence-corrected chi connectivity index (χ4v) is 1.85. The molecular weight excluding hydrogens is 242 g/mol. The van der Waals surface area contributed by atoms with E-state index in [1.807, 2.05) is 26.8 Å². The first-order chi connectivity index (χ1) is 8.86. The fraction of sp³-hybridized carbons (Fsp3) is 0.600. The summed E-state index contributed by atoms with van der Waals surface area (Å²) in [5.41, 5.74) is 0.979. The van der Waals surface area contributed by atoms with Crippen LogP contribution in [0.3, 0.4) is 0 Å². The maximum atomic E-state index is 10.5. The lowest BCUT2D eigenvalue weighted by Gasteiger charge is -2.24. The van der Waals surface area contributed by atoms with Crippen LogP contribution in [0.1, 0.15) is 45.4 Å². The maximum Gasteiger partial charge on any atom is 0.294 e. The monoisotopic (exact) mass is 265 g/mol. The standard InChI is InChI=1S/C15H23NO3/c1-11(2)6-7-18-13-8-12(3)14(16-9-13)15(4,5)19-10-17/h8-11H,6-7H2,1-5H3. The molecule has 1 aromatic rings. The first-order valence-electron chi connectivity index (χ1n) is 6.58. The molecule has 19 heavy (non-hydrogen) atoms. The molecular formula is C15H23NO3. The van der Waals surface area contributed by atoms with Crippen LogP contribution in [0.5, 0.6) is 5.75 Å². The van der Waals surface area contributed by atoms with Crippen molar-refractivity contribution >= 4 is 6.47 Å². The summed E-state index contributed by atoms with van der Waals surface area (Å²) in [6.07, 6.45) is 2.69. The zero-order valence-corrected chi connectivity index (χ0v) is 12.4. The van der Waals surface area contributed by atoms with Gasteiger partial charge in [-0.2, -0.15) is 0 Å². The van der Waals surface area contributed by atoms with Gasteiger partial charge in [-0.25, -0.2) is 0 Å². The number of ether oxygens (including phenoxy) is 2. The van der Waals surface area contributed by atoms with Crippen molar-refractivity contribution in [2.45, 2.75) is 46.6 Å². The lowest BCUT2D eigenvalue weighted by molar-refractivity contribution is -0.141.